The molecule has 0 aliphatic rings. The Morgan fingerprint density at radius 3 is 2.30 bits per heavy atom. The van der Waals surface area contributed by atoms with Crippen molar-refractivity contribution in [2.24, 2.45) is 0 Å². The molecule has 0 radical (unpaired) electrons. The van der Waals surface area contributed by atoms with Crippen molar-refractivity contribution in [3.8, 4) is 6.07 Å². The number of hydrogen-bond acceptors (Lipinski definition) is 2. The zero-order valence-corrected chi connectivity index (χ0v) is 15.3. The maximum Gasteiger partial charge on any atom is 0.335 e. The predicted molar refractivity (Wildman–Crippen MR) is 106 cm³/mol. The van der Waals surface area contributed by atoms with Crippen molar-refractivity contribution in [1.29, 1.82) is 5.26 Å². The Labute approximate surface area is 158 Å². The quantitative estimate of drug-likeness (QED) is 0.660. The number of allylic oxidation sites excluding steroid dienone is 1. The van der Waals surface area contributed by atoms with Gasteiger partial charge in [-0.2, -0.15) is 5.26 Å². The van der Waals surface area contributed by atoms with Crippen LogP contribution < -0.4 is 0 Å². The van der Waals surface area contributed by atoms with Gasteiger partial charge < -0.3 is 9.67 Å². The molecule has 134 valence electrons. The first-order valence-electron chi connectivity index (χ1n) is 8.66. The van der Waals surface area contributed by atoms with Crippen LogP contribution in [0.5, 0.6) is 0 Å². The molecule has 1 aromatic heterocycles. The van der Waals surface area contributed by atoms with Crippen molar-refractivity contribution in [2.75, 3.05) is 0 Å². The van der Waals surface area contributed by atoms with E-state index in [0.717, 1.165) is 23.5 Å². The van der Waals surface area contributed by atoms with Crippen molar-refractivity contribution in [2.45, 2.75) is 20.4 Å². The molecule has 2 aromatic carbocycles. The summed E-state index contributed by atoms with van der Waals surface area (Å²) in [6.07, 6.45) is 1.86. The van der Waals surface area contributed by atoms with Crippen LogP contribution in [-0.4, -0.2) is 15.6 Å². The molecule has 0 bridgehead atoms. The first-order valence-corrected chi connectivity index (χ1v) is 8.66. The van der Waals surface area contributed by atoms with E-state index < -0.39 is 5.97 Å². The van der Waals surface area contributed by atoms with E-state index in [2.05, 4.69) is 35.8 Å². The van der Waals surface area contributed by atoms with Crippen LogP contribution in [0.1, 0.15) is 38.4 Å². The number of aryl methyl sites for hydroxylation is 1. The maximum absolute atomic E-state index is 11.0. The summed E-state index contributed by atoms with van der Waals surface area (Å²) >= 11 is 0. The third-order valence-electron chi connectivity index (χ3n) is 4.66. The summed E-state index contributed by atoms with van der Waals surface area (Å²) in [6.45, 7) is 4.88. The second kappa shape index (κ2) is 7.76. The van der Waals surface area contributed by atoms with Gasteiger partial charge in [-0.3, -0.25) is 0 Å². The SMILES string of the molecule is Cc1cc(C=C(C#N)c2ccc(C(=O)O)cc2)c(C)n1Cc1ccccc1. The number of carbonyl (C=O) groups is 1. The lowest BCUT2D eigenvalue weighted by Crippen LogP contribution is -2.03. The highest BCUT2D eigenvalue weighted by Gasteiger charge is 2.10. The highest BCUT2D eigenvalue weighted by Crippen LogP contribution is 2.23. The fourth-order valence-electron chi connectivity index (χ4n) is 3.11. The zero-order valence-electron chi connectivity index (χ0n) is 15.3. The molecule has 0 amide bonds. The van der Waals surface area contributed by atoms with E-state index >= 15 is 0 Å². The third kappa shape index (κ3) is 3.99. The van der Waals surface area contributed by atoms with Crippen LogP contribution in [-0.2, 0) is 6.54 Å². The van der Waals surface area contributed by atoms with Crippen LogP contribution in [0.2, 0.25) is 0 Å². The average Bonchev–Trinajstić information content (AvgIpc) is 2.94. The highest BCUT2D eigenvalue weighted by molar-refractivity contribution is 5.92. The fourth-order valence-corrected chi connectivity index (χ4v) is 3.11. The number of rotatable bonds is 5. The number of aromatic nitrogens is 1. The van der Waals surface area contributed by atoms with E-state index in [-0.39, 0.29) is 5.56 Å². The summed E-state index contributed by atoms with van der Waals surface area (Å²) in [6, 6.07) is 20.9. The van der Waals surface area contributed by atoms with E-state index in [0.29, 0.717) is 11.1 Å². The van der Waals surface area contributed by atoms with Crippen LogP contribution in [0.3, 0.4) is 0 Å². The van der Waals surface area contributed by atoms with E-state index in [1.54, 1.807) is 12.1 Å². The number of nitriles is 1. The summed E-state index contributed by atoms with van der Waals surface area (Å²) in [5.41, 5.74) is 5.84. The Balaban J connectivity index is 1.94. The largest absolute Gasteiger partial charge is 0.478 e. The van der Waals surface area contributed by atoms with Crippen LogP contribution in [0.4, 0.5) is 0 Å². The number of nitrogens with zero attached hydrogens (tertiary/aromatic N) is 2. The molecular formula is C23H20N2O2. The van der Waals surface area contributed by atoms with Gasteiger partial charge in [0, 0.05) is 17.9 Å². The van der Waals surface area contributed by atoms with Crippen molar-refractivity contribution in [1.82, 2.24) is 4.57 Å². The first kappa shape index (κ1) is 18.2. The lowest BCUT2D eigenvalue weighted by Gasteiger charge is -2.09. The van der Waals surface area contributed by atoms with Crippen molar-refractivity contribution >= 4 is 17.6 Å². The monoisotopic (exact) mass is 356 g/mol. The number of carboxylic acid groups (broad SMARTS) is 1. The van der Waals surface area contributed by atoms with Crippen molar-refractivity contribution in [3.05, 3.63) is 94.3 Å². The molecular weight excluding hydrogens is 336 g/mol. The summed E-state index contributed by atoms with van der Waals surface area (Å²) < 4.78 is 2.23. The van der Waals surface area contributed by atoms with Crippen molar-refractivity contribution in [3.63, 3.8) is 0 Å². The van der Waals surface area contributed by atoms with E-state index in [9.17, 15) is 10.1 Å². The topological polar surface area (TPSA) is 66.0 Å². The molecule has 0 unspecified atom stereocenters. The van der Waals surface area contributed by atoms with Gasteiger partial charge in [0.05, 0.1) is 17.2 Å². The van der Waals surface area contributed by atoms with Gasteiger partial charge in [-0.05, 0) is 54.8 Å². The van der Waals surface area contributed by atoms with Crippen LogP contribution in [0.25, 0.3) is 11.6 Å². The number of aromatic carboxylic acids is 1. The minimum atomic E-state index is -0.978. The molecule has 0 aliphatic carbocycles. The predicted octanol–water partition coefficient (Wildman–Crippen LogP) is 4.92. The molecule has 4 nitrogen and oxygen atoms in total. The average molecular weight is 356 g/mol. The molecule has 1 heterocycles. The standard InChI is InChI=1S/C23H20N2O2/c1-16-12-21(17(2)25(16)15-18-6-4-3-5-7-18)13-22(14-24)19-8-10-20(11-9-19)23(26)27/h3-13H,15H2,1-2H3,(H,26,27). The molecule has 0 fully saturated rings. The molecule has 0 spiro atoms. The van der Waals surface area contributed by atoms with Crippen LogP contribution >= 0.6 is 0 Å². The van der Waals surface area contributed by atoms with Gasteiger partial charge in [0.2, 0.25) is 0 Å². The van der Waals surface area contributed by atoms with E-state index in [1.807, 2.05) is 31.2 Å². The van der Waals surface area contributed by atoms with Crippen molar-refractivity contribution < 1.29 is 9.90 Å². The second-order valence-electron chi connectivity index (χ2n) is 6.45. The van der Waals surface area contributed by atoms with Gasteiger partial charge in [-0.15, -0.1) is 0 Å². The smallest absolute Gasteiger partial charge is 0.335 e. The highest BCUT2D eigenvalue weighted by atomic mass is 16.4. The van der Waals surface area contributed by atoms with Crippen LogP contribution in [0.15, 0.2) is 60.7 Å². The lowest BCUT2D eigenvalue weighted by molar-refractivity contribution is 0.0697. The number of carboxylic acids is 1. The molecule has 4 heteroatoms. The fraction of sp³-hybridized carbons (Fsp3) is 0.130. The van der Waals surface area contributed by atoms with Gasteiger partial charge in [0.1, 0.15) is 0 Å². The summed E-state index contributed by atoms with van der Waals surface area (Å²) in [7, 11) is 0. The van der Waals surface area contributed by atoms with Crippen LogP contribution in [0, 0.1) is 25.2 Å². The summed E-state index contributed by atoms with van der Waals surface area (Å²) in [5, 5.41) is 18.6. The molecule has 0 atom stereocenters. The van der Waals surface area contributed by atoms with Gasteiger partial charge in [0.15, 0.2) is 0 Å². The Bertz CT molecular complexity index is 1040. The van der Waals surface area contributed by atoms with Gasteiger partial charge in [-0.1, -0.05) is 42.5 Å². The summed E-state index contributed by atoms with van der Waals surface area (Å²) in [5.74, 6) is -0.978. The minimum absolute atomic E-state index is 0.206. The molecule has 0 saturated heterocycles. The van der Waals surface area contributed by atoms with Gasteiger partial charge >= 0.3 is 5.97 Å². The normalized spacial score (nSPS) is 11.2. The lowest BCUT2D eigenvalue weighted by atomic mass is 10.0. The third-order valence-corrected chi connectivity index (χ3v) is 4.66. The number of benzene rings is 2. The minimum Gasteiger partial charge on any atom is -0.478 e. The maximum atomic E-state index is 11.0. The Hall–Kier alpha value is -3.58. The molecule has 0 aliphatic heterocycles. The van der Waals surface area contributed by atoms with E-state index in [1.165, 1.54) is 17.7 Å². The summed E-state index contributed by atoms with van der Waals surface area (Å²) in [4.78, 5) is 11.0. The zero-order chi connectivity index (χ0) is 19.4. The molecule has 0 saturated carbocycles. The molecule has 27 heavy (non-hydrogen) atoms. The Kier molecular flexibility index (Phi) is 5.23. The Morgan fingerprint density at radius 2 is 1.70 bits per heavy atom. The second-order valence-corrected chi connectivity index (χ2v) is 6.45. The molecule has 1 N–H and O–H groups in total. The van der Waals surface area contributed by atoms with Gasteiger partial charge in [0.25, 0.3) is 0 Å². The Morgan fingerprint density at radius 1 is 1.07 bits per heavy atom. The molecule has 3 rings (SSSR count). The first-order chi connectivity index (χ1) is 13.0. The van der Waals surface area contributed by atoms with Gasteiger partial charge in [-0.25, -0.2) is 4.79 Å². The molecule has 3 aromatic rings. The number of hydrogen-bond donors (Lipinski definition) is 1. The van der Waals surface area contributed by atoms with E-state index in [4.69, 9.17) is 5.11 Å².